The van der Waals surface area contributed by atoms with Gasteiger partial charge in [0.2, 0.25) is 11.8 Å². The van der Waals surface area contributed by atoms with Crippen molar-refractivity contribution in [3.8, 4) is 0 Å². The minimum atomic E-state index is -0.615. The molecule has 10 heteroatoms. The lowest BCUT2D eigenvalue weighted by Gasteiger charge is -2.16. The number of amides is 2. The molecule has 0 radical (unpaired) electrons. The quantitative estimate of drug-likeness (QED) is 0.471. The van der Waals surface area contributed by atoms with Crippen LogP contribution in [0.25, 0.3) is 0 Å². The van der Waals surface area contributed by atoms with Gasteiger partial charge in [-0.05, 0) is 43.9 Å². The van der Waals surface area contributed by atoms with Crippen molar-refractivity contribution in [2.75, 3.05) is 5.32 Å². The van der Waals surface area contributed by atoms with Crippen molar-refractivity contribution >= 4 is 57.4 Å². The van der Waals surface area contributed by atoms with Crippen molar-refractivity contribution in [1.29, 1.82) is 0 Å². The molecule has 8 nitrogen and oxygen atoms in total. The number of aliphatic imine (C=N–C) groups is 1. The van der Waals surface area contributed by atoms with Crippen LogP contribution in [0.2, 0.25) is 5.02 Å². The zero-order valence-electron chi connectivity index (χ0n) is 17.5. The number of anilines is 1. The summed E-state index contributed by atoms with van der Waals surface area (Å²) in [4.78, 5) is 42.7. The van der Waals surface area contributed by atoms with Gasteiger partial charge in [-0.1, -0.05) is 41.6 Å². The second-order valence-corrected chi connectivity index (χ2v) is 9.43. The van der Waals surface area contributed by atoms with Gasteiger partial charge in [-0.25, -0.2) is 4.99 Å². The van der Waals surface area contributed by atoms with Crippen molar-refractivity contribution in [2.45, 2.75) is 44.4 Å². The molecule has 1 aliphatic heterocycles. The number of carbonyl (C=O) groups excluding carboxylic acids is 2. The van der Waals surface area contributed by atoms with Crippen LogP contribution in [0.3, 0.4) is 0 Å². The van der Waals surface area contributed by atoms with E-state index in [4.69, 9.17) is 16.6 Å². The van der Waals surface area contributed by atoms with Gasteiger partial charge in [0.05, 0.1) is 21.3 Å². The number of thioether (sulfide) groups is 1. The van der Waals surface area contributed by atoms with Crippen molar-refractivity contribution < 1.29 is 14.5 Å². The fourth-order valence-corrected chi connectivity index (χ4v) is 4.90. The molecule has 1 unspecified atom stereocenters. The number of amidine groups is 1. The van der Waals surface area contributed by atoms with Crippen LogP contribution in [0.1, 0.15) is 30.4 Å². The van der Waals surface area contributed by atoms with E-state index in [1.54, 1.807) is 4.90 Å². The summed E-state index contributed by atoms with van der Waals surface area (Å²) in [5, 5.41) is 13.8. The minimum absolute atomic E-state index is 0.0858. The molecule has 2 aliphatic rings. The summed E-state index contributed by atoms with van der Waals surface area (Å²) in [6.45, 7) is 3.95. The molecule has 166 valence electrons. The summed E-state index contributed by atoms with van der Waals surface area (Å²) in [7, 11) is 0. The first-order valence-electron chi connectivity index (χ1n) is 10.1. The summed E-state index contributed by atoms with van der Waals surface area (Å²) in [6, 6.07) is 9.86. The lowest BCUT2D eigenvalue weighted by molar-refractivity contribution is -0.384. The van der Waals surface area contributed by atoms with E-state index in [2.05, 4.69) is 5.32 Å². The zero-order valence-corrected chi connectivity index (χ0v) is 19.1. The summed E-state index contributed by atoms with van der Waals surface area (Å²) in [5.41, 5.74) is 2.83. The molecule has 1 aliphatic carbocycles. The van der Waals surface area contributed by atoms with Gasteiger partial charge in [0, 0.05) is 24.6 Å². The fourth-order valence-electron chi connectivity index (χ4n) is 3.53. The molecule has 2 aromatic rings. The Balaban J connectivity index is 1.53. The molecule has 2 amide bonds. The predicted octanol–water partition coefficient (Wildman–Crippen LogP) is 4.99. The third kappa shape index (κ3) is 4.63. The highest BCUT2D eigenvalue weighted by Gasteiger charge is 2.46. The Labute approximate surface area is 194 Å². The highest BCUT2D eigenvalue weighted by Crippen LogP contribution is 2.40. The average molecular weight is 473 g/mol. The van der Waals surface area contributed by atoms with E-state index < -0.39 is 16.1 Å². The van der Waals surface area contributed by atoms with Gasteiger partial charge < -0.3 is 5.32 Å². The molecule has 32 heavy (non-hydrogen) atoms. The number of nitro groups is 1. The molecule has 1 atom stereocenters. The zero-order chi connectivity index (χ0) is 23.0. The van der Waals surface area contributed by atoms with E-state index in [1.165, 1.54) is 30.0 Å². The maximum atomic E-state index is 13.1. The second kappa shape index (κ2) is 8.91. The number of halogens is 1. The van der Waals surface area contributed by atoms with Gasteiger partial charge in [0.15, 0.2) is 5.17 Å². The molecule has 2 aromatic carbocycles. The van der Waals surface area contributed by atoms with Gasteiger partial charge >= 0.3 is 0 Å². The number of benzene rings is 2. The van der Waals surface area contributed by atoms with E-state index >= 15 is 0 Å². The lowest BCUT2D eigenvalue weighted by Crippen LogP contribution is -2.35. The van der Waals surface area contributed by atoms with Crippen LogP contribution in [0.5, 0.6) is 0 Å². The van der Waals surface area contributed by atoms with Crippen LogP contribution in [0.4, 0.5) is 17.1 Å². The van der Waals surface area contributed by atoms with E-state index in [-0.39, 0.29) is 34.8 Å². The van der Waals surface area contributed by atoms with Crippen LogP contribution in [-0.4, -0.2) is 38.1 Å². The van der Waals surface area contributed by atoms with Crippen molar-refractivity contribution in [3.63, 3.8) is 0 Å². The summed E-state index contributed by atoms with van der Waals surface area (Å²) in [6.07, 6.45) is 1.75. The summed E-state index contributed by atoms with van der Waals surface area (Å²) in [5.74, 6) is -0.579. The summed E-state index contributed by atoms with van der Waals surface area (Å²) >= 11 is 7.35. The Bertz CT molecular complexity index is 1130. The van der Waals surface area contributed by atoms with Gasteiger partial charge in [0.25, 0.3) is 5.69 Å². The summed E-state index contributed by atoms with van der Waals surface area (Å²) < 4.78 is 0. The Kier molecular flexibility index (Phi) is 6.21. The molecule has 1 saturated carbocycles. The number of hydrogen-bond donors (Lipinski definition) is 1. The average Bonchev–Trinajstić information content (AvgIpc) is 3.52. The molecule has 1 heterocycles. The Morgan fingerprint density at radius 3 is 2.59 bits per heavy atom. The van der Waals surface area contributed by atoms with Crippen LogP contribution < -0.4 is 5.32 Å². The first-order valence-corrected chi connectivity index (χ1v) is 11.4. The Morgan fingerprint density at radius 1 is 1.28 bits per heavy atom. The standard InChI is InChI=1S/C22H21ClN4O4S/c1-12-4-3-5-13(2)20(12)25-22-26(14-6-7-14)21(29)18(32-22)11-19(28)24-17-10-15(27(30)31)8-9-16(17)23/h3-5,8-10,14,18H,6-7,11H2,1-2H3,(H,24,28). The van der Waals surface area contributed by atoms with Crippen LogP contribution in [0, 0.1) is 24.0 Å². The highest BCUT2D eigenvalue weighted by molar-refractivity contribution is 8.15. The largest absolute Gasteiger partial charge is 0.325 e. The van der Waals surface area contributed by atoms with Crippen LogP contribution in [-0.2, 0) is 9.59 Å². The molecule has 0 aromatic heterocycles. The van der Waals surface area contributed by atoms with E-state index in [0.717, 1.165) is 29.7 Å². The Morgan fingerprint density at radius 2 is 1.97 bits per heavy atom. The molecule has 2 fully saturated rings. The van der Waals surface area contributed by atoms with Crippen LogP contribution in [0.15, 0.2) is 41.4 Å². The van der Waals surface area contributed by atoms with E-state index in [1.807, 2.05) is 32.0 Å². The fraction of sp³-hybridized carbons (Fsp3) is 0.318. The maximum absolute atomic E-state index is 13.1. The van der Waals surface area contributed by atoms with Gasteiger partial charge in [0.1, 0.15) is 5.25 Å². The van der Waals surface area contributed by atoms with Crippen molar-refractivity contribution in [2.24, 2.45) is 4.99 Å². The molecule has 0 bridgehead atoms. The van der Waals surface area contributed by atoms with E-state index in [0.29, 0.717) is 5.17 Å². The molecule has 1 N–H and O–H groups in total. The molecular formula is C22H21ClN4O4S. The number of nitrogens with one attached hydrogen (secondary N) is 1. The number of nitrogens with zero attached hydrogens (tertiary/aromatic N) is 3. The van der Waals surface area contributed by atoms with Gasteiger partial charge in [-0.2, -0.15) is 0 Å². The number of carbonyl (C=O) groups is 2. The predicted molar refractivity (Wildman–Crippen MR) is 126 cm³/mol. The third-order valence-electron chi connectivity index (χ3n) is 5.33. The number of rotatable bonds is 6. The SMILES string of the molecule is Cc1cccc(C)c1N=C1SC(CC(=O)Nc2cc([N+](=O)[O-])ccc2Cl)C(=O)N1C1CC1. The number of aryl methyl sites for hydroxylation is 2. The second-order valence-electron chi connectivity index (χ2n) is 7.85. The van der Waals surface area contributed by atoms with Crippen molar-refractivity contribution in [1.82, 2.24) is 4.90 Å². The number of non-ortho nitro benzene ring substituents is 1. The maximum Gasteiger partial charge on any atom is 0.271 e. The van der Waals surface area contributed by atoms with Gasteiger partial charge in [-0.15, -0.1) is 0 Å². The smallest absolute Gasteiger partial charge is 0.271 e. The van der Waals surface area contributed by atoms with Gasteiger partial charge in [-0.3, -0.25) is 24.6 Å². The van der Waals surface area contributed by atoms with E-state index in [9.17, 15) is 19.7 Å². The lowest BCUT2D eigenvalue weighted by atomic mass is 10.1. The molecular weight excluding hydrogens is 452 g/mol. The highest BCUT2D eigenvalue weighted by atomic mass is 35.5. The minimum Gasteiger partial charge on any atom is -0.325 e. The normalized spacial score (nSPS) is 19.5. The molecule has 0 spiro atoms. The van der Waals surface area contributed by atoms with Crippen LogP contribution >= 0.6 is 23.4 Å². The first-order chi connectivity index (χ1) is 15.2. The topological polar surface area (TPSA) is 105 Å². The number of hydrogen-bond acceptors (Lipinski definition) is 6. The Hall–Kier alpha value is -2.91. The molecule has 4 rings (SSSR count). The third-order valence-corrected chi connectivity index (χ3v) is 6.81. The first kappa shape index (κ1) is 22.3. The molecule has 1 saturated heterocycles. The number of nitro benzene ring substituents is 1. The monoisotopic (exact) mass is 472 g/mol. The number of para-hydroxylation sites is 1. The van der Waals surface area contributed by atoms with Crippen molar-refractivity contribution in [3.05, 3.63) is 62.7 Å².